The average Bonchev–Trinajstić information content (AvgIpc) is 2.80. The zero-order chi connectivity index (χ0) is 27.1. The van der Waals surface area contributed by atoms with Crippen LogP contribution in [0, 0.1) is 0 Å². The van der Waals surface area contributed by atoms with Crippen LogP contribution >= 0.6 is 0 Å². The number of carboxylic acid groups (broad SMARTS) is 3. The summed E-state index contributed by atoms with van der Waals surface area (Å²) >= 11 is 0. The molecule has 0 unspecified atom stereocenters. The second-order valence-corrected chi connectivity index (χ2v) is 8.02. The van der Waals surface area contributed by atoms with Crippen LogP contribution in [0.1, 0.15) is 0 Å². The monoisotopic (exact) mass is 528 g/mol. The summed E-state index contributed by atoms with van der Waals surface area (Å²) in [5.41, 5.74) is 0. The molecule has 18 nitrogen and oxygen atoms in total. The lowest BCUT2D eigenvalue weighted by Crippen LogP contribution is -2.66. The van der Waals surface area contributed by atoms with Gasteiger partial charge < -0.3 is 74.7 Å². The lowest BCUT2D eigenvalue weighted by atomic mass is 9.96. The molecule has 0 aromatic heterocycles. The highest BCUT2D eigenvalue weighted by Gasteiger charge is 2.55. The predicted molar refractivity (Wildman–Crippen MR) is 101 cm³/mol. The van der Waals surface area contributed by atoms with Crippen molar-refractivity contribution in [3.63, 3.8) is 0 Å². The molecule has 18 heteroatoms. The Morgan fingerprint density at radius 1 is 0.667 bits per heavy atom. The maximum absolute atomic E-state index is 11.8. The molecule has 0 aromatic rings. The molecule has 2 fully saturated rings. The summed E-state index contributed by atoms with van der Waals surface area (Å²) in [5.74, 6) is -6.17. The molecular weight excluding hydrogens is 504 g/mol. The Kier molecular flexibility index (Phi) is 8.48. The van der Waals surface area contributed by atoms with Crippen LogP contribution in [0.3, 0.4) is 0 Å². The summed E-state index contributed by atoms with van der Waals surface area (Å²) in [6, 6.07) is 0. The predicted octanol–water partition coefficient (Wildman–Crippen LogP) is -6.14. The van der Waals surface area contributed by atoms with Gasteiger partial charge in [-0.05, 0) is 6.08 Å². The third kappa shape index (κ3) is 5.43. The summed E-state index contributed by atoms with van der Waals surface area (Å²) in [5, 5.41) is 98.1. The third-order valence-electron chi connectivity index (χ3n) is 5.58. The lowest BCUT2D eigenvalue weighted by molar-refractivity contribution is -0.358. The van der Waals surface area contributed by atoms with E-state index in [4.69, 9.17) is 24.1 Å². The minimum absolute atomic E-state index is 0.635. The van der Waals surface area contributed by atoms with E-state index in [1.807, 2.05) is 0 Å². The quantitative estimate of drug-likeness (QED) is 0.147. The van der Waals surface area contributed by atoms with Gasteiger partial charge in [-0.2, -0.15) is 0 Å². The van der Waals surface area contributed by atoms with Crippen molar-refractivity contribution in [1.82, 2.24) is 0 Å². The molecule has 36 heavy (non-hydrogen) atoms. The normalized spacial score (nSPS) is 45.3. The molecule has 3 aliphatic heterocycles. The third-order valence-corrected chi connectivity index (χ3v) is 5.58. The summed E-state index contributed by atoms with van der Waals surface area (Å²) in [7, 11) is 0. The van der Waals surface area contributed by atoms with E-state index >= 15 is 0 Å². The van der Waals surface area contributed by atoms with Gasteiger partial charge in [0.05, 0.1) is 0 Å². The highest BCUT2D eigenvalue weighted by molar-refractivity contribution is 5.84. The first kappa shape index (κ1) is 28.1. The van der Waals surface area contributed by atoms with E-state index in [0.29, 0.717) is 6.08 Å². The van der Waals surface area contributed by atoms with Crippen LogP contribution in [-0.4, -0.2) is 149 Å². The maximum Gasteiger partial charge on any atom is 0.371 e. The molecule has 0 saturated carbocycles. The SMILES string of the molecule is O=C(O)C1=C[C@H](O)[C@H](O)[C@H](O[C@H]2[C@H](O)[C@H](O)[C@@H](O[C@H]3[C@H](O)[C@H](O)[C@H](O)O[C@@H]3C(=O)O)O[C@@H]2C(=O)O)O1. The number of aliphatic carboxylic acids is 3. The van der Waals surface area contributed by atoms with Crippen LogP contribution in [0.2, 0.25) is 0 Å². The van der Waals surface area contributed by atoms with Gasteiger partial charge in [0, 0.05) is 0 Å². The minimum Gasteiger partial charge on any atom is -0.479 e. The number of hydrogen-bond donors (Lipinski definition) is 10. The summed E-state index contributed by atoms with van der Waals surface area (Å²) in [6.07, 6.45) is -26.7. The molecule has 3 heterocycles. The van der Waals surface area contributed by atoms with Gasteiger partial charge in [0.15, 0.2) is 24.8 Å². The van der Waals surface area contributed by atoms with Gasteiger partial charge in [-0.1, -0.05) is 0 Å². The first-order valence-corrected chi connectivity index (χ1v) is 10.2. The Balaban J connectivity index is 1.81. The van der Waals surface area contributed by atoms with Crippen molar-refractivity contribution in [3.8, 4) is 0 Å². The Bertz CT molecular complexity index is 876. The Labute approximate surface area is 199 Å². The highest BCUT2D eigenvalue weighted by atomic mass is 16.8. The van der Waals surface area contributed by atoms with Crippen molar-refractivity contribution < 1.29 is 89.1 Å². The molecule has 0 radical (unpaired) electrons. The van der Waals surface area contributed by atoms with E-state index in [1.165, 1.54) is 0 Å². The van der Waals surface area contributed by atoms with Gasteiger partial charge in [0.1, 0.15) is 48.8 Å². The Morgan fingerprint density at radius 2 is 1.17 bits per heavy atom. The molecule has 10 N–H and O–H groups in total. The number of rotatable bonds is 7. The summed E-state index contributed by atoms with van der Waals surface area (Å²) < 4.78 is 24.9. The molecule has 0 spiro atoms. The van der Waals surface area contributed by atoms with E-state index in [-0.39, 0.29) is 0 Å². The zero-order valence-corrected chi connectivity index (χ0v) is 17.8. The van der Waals surface area contributed by atoms with Gasteiger partial charge >= 0.3 is 17.9 Å². The van der Waals surface area contributed by atoms with E-state index in [2.05, 4.69) is 4.74 Å². The smallest absolute Gasteiger partial charge is 0.371 e. The molecule has 3 rings (SSSR count). The molecule has 13 atom stereocenters. The fourth-order valence-electron chi connectivity index (χ4n) is 3.69. The van der Waals surface area contributed by atoms with Crippen LogP contribution in [0.4, 0.5) is 0 Å². The van der Waals surface area contributed by atoms with Gasteiger partial charge in [-0.25, -0.2) is 14.4 Å². The fraction of sp³-hybridized carbons (Fsp3) is 0.722. The molecule has 2 saturated heterocycles. The molecule has 0 bridgehead atoms. The van der Waals surface area contributed by atoms with Crippen molar-refractivity contribution in [1.29, 1.82) is 0 Å². The van der Waals surface area contributed by atoms with Crippen LogP contribution in [0.25, 0.3) is 0 Å². The minimum atomic E-state index is -2.24. The van der Waals surface area contributed by atoms with Gasteiger partial charge in [-0.3, -0.25) is 0 Å². The molecule has 0 aliphatic carbocycles. The van der Waals surface area contributed by atoms with Crippen LogP contribution in [0.15, 0.2) is 11.8 Å². The second kappa shape index (κ2) is 10.9. The number of carboxylic acids is 3. The molecule has 0 amide bonds. The number of aliphatic hydroxyl groups excluding tert-OH is 7. The van der Waals surface area contributed by atoms with Crippen molar-refractivity contribution in [2.24, 2.45) is 0 Å². The first-order valence-electron chi connectivity index (χ1n) is 10.2. The highest BCUT2D eigenvalue weighted by Crippen LogP contribution is 2.32. The maximum atomic E-state index is 11.8. The Hall–Kier alpha value is -2.49. The average molecular weight is 528 g/mol. The summed E-state index contributed by atoms with van der Waals surface area (Å²) in [6.45, 7) is 0. The number of carbonyl (C=O) groups is 3. The van der Waals surface area contributed by atoms with Crippen molar-refractivity contribution >= 4 is 17.9 Å². The van der Waals surface area contributed by atoms with Crippen molar-refractivity contribution in [2.75, 3.05) is 0 Å². The molecule has 0 aromatic carbocycles. The molecule has 204 valence electrons. The van der Waals surface area contributed by atoms with Crippen LogP contribution in [-0.2, 0) is 38.1 Å². The van der Waals surface area contributed by atoms with Crippen LogP contribution in [0.5, 0.6) is 0 Å². The van der Waals surface area contributed by atoms with Crippen molar-refractivity contribution in [2.45, 2.75) is 79.9 Å². The zero-order valence-electron chi connectivity index (χ0n) is 17.8. The first-order chi connectivity index (χ1) is 16.7. The van der Waals surface area contributed by atoms with E-state index in [0.717, 1.165) is 0 Å². The van der Waals surface area contributed by atoms with E-state index in [9.17, 15) is 60.3 Å². The van der Waals surface area contributed by atoms with Crippen LogP contribution < -0.4 is 0 Å². The fourth-order valence-corrected chi connectivity index (χ4v) is 3.69. The van der Waals surface area contributed by atoms with Gasteiger partial charge in [0.25, 0.3) is 0 Å². The lowest BCUT2D eigenvalue weighted by Gasteiger charge is -2.45. The molecule has 3 aliphatic rings. The largest absolute Gasteiger partial charge is 0.479 e. The van der Waals surface area contributed by atoms with Crippen molar-refractivity contribution in [3.05, 3.63) is 11.8 Å². The van der Waals surface area contributed by atoms with E-state index in [1.54, 1.807) is 0 Å². The Morgan fingerprint density at radius 3 is 1.69 bits per heavy atom. The number of aliphatic hydroxyl groups is 7. The van der Waals surface area contributed by atoms with E-state index < -0.39 is 104 Å². The topological polar surface area (TPSA) is 300 Å². The number of ether oxygens (including phenoxy) is 5. The molecular formula is C18H24O18. The second-order valence-electron chi connectivity index (χ2n) is 8.02. The summed E-state index contributed by atoms with van der Waals surface area (Å²) in [4.78, 5) is 34.4. The standard InChI is InChI=1S/C18H24O18/c19-2-1-3(13(25)26)32-17(4(2)20)34-10-6(22)8(24)18(36-12(10)15(29)30)35-9-5(21)7(23)16(31)33-11(9)14(27)28/h1-2,4-12,16-24,31H,(H,25,26)(H,27,28)(H,29,30)/t2-,4-,5+,6+,7-,8-,9-,10-,11-,12-,16+,17-,18-/m0/s1. The van der Waals surface area contributed by atoms with Gasteiger partial charge in [0.2, 0.25) is 12.0 Å². The number of hydrogen-bond acceptors (Lipinski definition) is 15. The van der Waals surface area contributed by atoms with Gasteiger partial charge in [-0.15, -0.1) is 0 Å².